The minimum absolute atomic E-state index is 0.0648. The SMILES string of the molecule is CC(C)(C)NCc1ccn(Cc2cccc(F)c2Br)n1. The highest BCUT2D eigenvalue weighted by Gasteiger charge is 2.10. The first-order valence-electron chi connectivity index (χ1n) is 6.55. The first kappa shape index (κ1) is 15.2. The van der Waals surface area contributed by atoms with Crippen LogP contribution in [0.3, 0.4) is 0 Å². The van der Waals surface area contributed by atoms with Gasteiger partial charge in [-0.05, 0) is 54.4 Å². The monoisotopic (exact) mass is 339 g/mol. The summed E-state index contributed by atoms with van der Waals surface area (Å²) in [5.41, 5.74) is 1.92. The average molecular weight is 340 g/mol. The van der Waals surface area contributed by atoms with Crippen LogP contribution in [0.4, 0.5) is 4.39 Å². The van der Waals surface area contributed by atoms with Gasteiger partial charge in [-0.15, -0.1) is 0 Å². The topological polar surface area (TPSA) is 29.9 Å². The predicted octanol–water partition coefficient (Wildman–Crippen LogP) is 3.72. The zero-order valence-electron chi connectivity index (χ0n) is 12.0. The quantitative estimate of drug-likeness (QED) is 0.919. The van der Waals surface area contributed by atoms with E-state index in [1.165, 1.54) is 6.07 Å². The Labute approximate surface area is 127 Å². The predicted molar refractivity (Wildman–Crippen MR) is 82.0 cm³/mol. The minimum Gasteiger partial charge on any atom is -0.306 e. The molecule has 0 saturated carbocycles. The van der Waals surface area contributed by atoms with E-state index in [0.717, 1.165) is 17.8 Å². The fourth-order valence-electron chi connectivity index (χ4n) is 1.79. The largest absolute Gasteiger partial charge is 0.306 e. The average Bonchev–Trinajstić information content (AvgIpc) is 2.80. The Morgan fingerprint density at radius 2 is 2.05 bits per heavy atom. The van der Waals surface area contributed by atoms with E-state index in [0.29, 0.717) is 11.0 Å². The van der Waals surface area contributed by atoms with Gasteiger partial charge in [0.15, 0.2) is 0 Å². The molecule has 1 heterocycles. The normalized spacial score (nSPS) is 11.8. The molecule has 0 spiro atoms. The van der Waals surface area contributed by atoms with Crippen molar-refractivity contribution < 1.29 is 4.39 Å². The van der Waals surface area contributed by atoms with Crippen molar-refractivity contribution in [1.29, 1.82) is 0 Å². The third-order valence-corrected chi connectivity index (χ3v) is 3.75. The van der Waals surface area contributed by atoms with Crippen molar-refractivity contribution in [2.45, 2.75) is 39.4 Å². The van der Waals surface area contributed by atoms with E-state index in [1.54, 1.807) is 6.07 Å². The van der Waals surface area contributed by atoms with E-state index < -0.39 is 0 Å². The number of nitrogens with one attached hydrogen (secondary N) is 1. The Kier molecular flexibility index (Phi) is 4.60. The molecule has 1 aromatic heterocycles. The van der Waals surface area contributed by atoms with Crippen LogP contribution >= 0.6 is 15.9 Å². The van der Waals surface area contributed by atoms with E-state index in [-0.39, 0.29) is 11.4 Å². The highest BCUT2D eigenvalue weighted by molar-refractivity contribution is 9.10. The molecule has 0 fully saturated rings. The van der Waals surface area contributed by atoms with Gasteiger partial charge in [0, 0.05) is 18.3 Å². The van der Waals surface area contributed by atoms with Crippen LogP contribution in [0.25, 0.3) is 0 Å². The van der Waals surface area contributed by atoms with Gasteiger partial charge in [0.1, 0.15) is 5.82 Å². The number of rotatable bonds is 4. The number of nitrogens with zero attached hydrogens (tertiary/aromatic N) is 2. The standard InChI is InChI=1S/C15H19BrFN3/c1-15(2,3)18-9-12-7-8-20(19-12)10-11-5-4-6-13(17)14(11)16/h4-8,18H,9-10H2,1-3H3. The van der Waals surface area contributed by atoms with Crippen molar-refractivity contribution in [3.63, 3.8) is 0 Å². The number of halogens is 2. The van der Waals surface area contributed by atoms with Gasteiger partial charge in [0.05, 0.1) is 16.7 Å². The second-order valence-corrected chi connectivity index (χ2v) is 6.61. The lowest BCUT2D eigenvalue weighted by atomic mass is 10.1. The van der Waals surface area contributed by atoms with Gasteiger partial charge in [-0.1, -0.05) is 12.1 Å². The number of hydrogen-bond donors (Lipinski definition) is 1. The molecular formula is C15H19BrFN3. The van der Waals surface area contributed by atoms with E-state index in [4.69, 9.17) is 0 Å². The van der Waals surface area contributed by atoms with E-state index in [9.17, 15) is 4.39 Å². The van der Waals surface area contributed by atoms with Gasteiger partial charge in [0.2, 0.25) is 0 Å². The maximum atomic E-state index is 13.5. The molecule has 2 aromatic rings. The summed E-state index contributed by atoms with van der Waals surface area (Å²) in [7, 11) is 0. The maximum Gasteiger partial charge on any atom is 0.137 e. The summed E-state index contributed by atoms with van der Waals surface area (Å²) in [4.78, 5) is 0. The maximum absolute atomic E-state index is 13.5. The van der Waals surface area contributed by atoms with E-state index in [2.05, 4.69) is 47.1 Å². The first-order chi connectivity index (χ1) is 9.35. The zero-order chi connectivity index (χ0) is 14.8. The molecule has 0 amide bonds. The van der Waals surface area contributed by atoms with Gasteiger partial charge in [-0.25, -0.2) is 4.39 Å². The van der Waals surface area contributed by atoms with Crippen LogP contribution in [0, 0.1) is 5.82 Å². The Morgan fingerprint density at radius 1 is 1.30 bits per heavy atom. The number of benzene rings is 1. The van der Waals surface area contributed by atoms with Gasteiger partial charge in [-0.2, -0.15) is 5.10 Å². The second kappa shape index (κ2) is 6.06. The third kappa shape index (κ3) is 4.15. The number of aromatic nitrogens is 2. The molecular weight excluding hydrogens is 321 g/mol. The van der Waals surface area contributed by atoms with Crippen molar-refractivity contribution >= 4 is 15.9 Å². The molecule has 0 radical (unpaired) electrons. The lowest BCUT2D eigenvalue weighted by Crippen LogP contribution is -2.35. The Balaban J connectivity index is 2.04. The highest BCUT2D eigenvalue weighted by atomic mass is 79.9. The van der Waals surface area contributed by atoms with Crippen molar-refractivity contribution in [2.24, 2.45) is 0 Å². The Morgan fingerprint density at radius 3 is 2.75 bits per heavy atom. The third-order valence-electron chi connectivity index (χ3n) is 2.86. The molecule has 2 rings (SSSR count). The lowest BCUT2D eigenvalue weighted by Gasteiger charge is -2.19. The molecule has 0 bridgehead atoms. The molecule has 0 aliphatic heterocycles. The van der Waals surface area contributed by atoms with Crippen LogP contribution < -0.4 is 5.32 Å². The lowest BCUT2D eigenvalue weighted by molar-refractivity contribution is 0.419. The molecule has 108 valence electrons. The Bertz CT molecular complexity index is 587. The Hall–Kier alpha value is -1.20. The molecule has 1 aromatic carbocycles. The molecule has 5 heteroatoms. The fourth-order valence-corrected chi connectivity index (χ4v) is 2.18. The van der Waals surface area contributed by atoms with Gasteiger partial charge < -0.3 is 5.32 Å². The summed E-state index contributed by atoms with van der Waals surface area (Å²) >= 11 is 3.27. The second-order valence-electron chi connectivity index (χ2n) is 5.82. The van der Waals surface area contributed by atoms with Crippen LogP contribution in [0.1, 0.15) is 32.0 Å². The smallest absolute Gasteiger partial charge is 0.137 e. The van der Waals surface area contributed by atoms with Crippen LogP contribution in [0.2, 0.25) is 0 Å². The molecule has 0 saturated heterocycles. The van der Waals surface area contributed by atoms with Crippen LogP contribution in [-0.2, 0) is 13.1 Å². The van der Waals surface area contributed by atoms with Crippen molar-refractivity contribution in [3.05, 3.63) is 52.0 Å². The van der Waals surface area contributed by atoms with Crippen molar-refractivity contribution in [1.82, 2.24) is 15.1 Å². The first-order valence-corrected chi connectivity index (χ1v) is 7.35. The van der Waals surface area contributed by atoms with Crippen LogP contribution in [0.5, 0.6) is 0 Å². The fraction of sp³-hybridized carbons (Fsp3) is 0.400. The molecule has 0 aliphatic rings. The van der Waals surface area contributed by atoms with Gasteiger partial charge in [-0.3, -0.25) is 4.68 Å². The summed E-state index contributed by atoms with van der Waals surface area (Å²) in [6, 6.07) is 7.02. The van der Waals surface area contributed by atoms with Crippen LogP contribution in [-0.4, -0.2) is 15.3 Å². The number of hydrogen-bond acceptors (Lipinski definition) is 2. The zero-order valence-corrected chi connectivity index (χ0v) is 13.5. The molecule has 0 atom stereocenters. The van der Waals surface area contributed by atoms with E-state index >= 15 is 0 Å². The molecule has 1 N–H and O–H groups in total. The summed E-state index contributed by atoms with van der Waals surface area (Å²) < 4.78 is 15.8. The molecule has 3 nitrogen and oxygen atoms in total. The molecule has 0 aliphatic carbocycles. The summed E-state index contributed by atoms with van der Waals surface area (Å²) in [5, 5.41) is 7.88. The minimum atomic E-state index is -0.246. The summed E-state index contributed by atoms with van der Waals surface area (Å²) in [6.07, 6.45) is 1.91. The summed E-state index contributed by atoms with van der Waals surface area (Å²) in [6.45, 7) is 7.63. The summed E-state index contributed by atoms with van der Waals surface area (Å²) in [5.74, 6) is -0.246. The molecule has 0 unspecified atom stereocenters. The van der Waals surface area contributed by atoms with Crippen LogP contribution in [0.15, 0.2) is 34.9 Å². The van der Waals surface area contributed by atoms with E-state index in [1.807, 2.05) is 23.0 Å². The van der Waals surface area contributed by atoms with Crippen molar-refractivity contribution in [2.75, 3.05) is 0 Å². The molecule has 20 heavy (non-hydrogen) atoms. The van der Waals surface area contributed by atoms with Gasteiger partial charge in [0.25, 0.3) is 0 Å². The van der Waals surface area contributed by atoms with Crippen molar-refractivity contribution in [3.8, 4) is 0 Å². The van der Waals surface area contributed by atoms with Gasteiger partial charge >= 0.3 is 0 Å². The highest BCUT2D eigenvalue weighted by Crippen LogP contribution is 2.21.